The van der Waals surface area contributed by atoms with Crippen LogP contribution >= 0.6 is 0 Å². The molecule has 5 heteroatoms. The summed E-state index contributed by atoms with van der Waals surface area (Å²) in [6.07, 6.45) is 3.49. The summed E-state index contributed by atoms with van der Waals surface area (Å²) in [5.74, 6) is -0.00730. The second-order valence-electron chi connectivity index (χ2n) is 8.61. The lowest BCUT2D eigenvalue weighted by Gasteiger charge is -2.35. The minimum atomic E-state index is -0.309. The molecular weight excluding hydrogens is 372 g/mol. The normalized spacial score (nSPS) is 17.5. The van der Waals surface area contributed by atoms with Crippen molar-refractivity contribution in [2.45, 2.75) is 46.1 Å². The number of amides is 1. The molecule has 1 amide bonds. The van der Waals surface area contributed by atoms with Crippen molar-refractivity contribution >= 4 is 23.0 Å². The molecule has 1 atom stereocenters. The summed E-state index contributed by atoms with van der Waals surface area (Å²) >= 11 is 0. The van der Waals surface area contributed by atoms with Gasteiger partial charge in [0.1, 0.15) is 6.04 Å². The average Bonchev–Trinajstić information content (AvgIpc) is 3.23. The van der Waals surface area contributed by atoms with Crippen molar-refractivity contribution < 1.29 is 4.79 Å². The summed E-state index contributed by atoms with van der Waals surface area (Å²) in [5, 5.41) is 6.46. The van der Waals surface area contributed by atoms with Crippen LogP contribution in [0.2, 0.25) is 0 Å². The molecule has 5 nitrogen and oxygen atoms in total. The van der Waals surface area contributed by atoms with Crippen LogP contribution in [0.25, 0.3) is 0 Å². The molecule has 1 heterocycles. The van der Waals surface area contributed by atoms with Crippen molar-refractivity contribution in [1.29, 1.82) is 0 Å². The van der Waals surface area contributed by atoms with Gasteiger partial charge in [0.2, 0.25) is 5.91 Å². The van der Waals surface area contributed by atoms with E-state index in [0.29, 0.717) is 0 Å². The second-order valence-corrected chi connectivity index (χ2v) is 8.61. The van der Waals surface area contributed by atoms with Crippen LogP contribution in [0.3, 0.4) is 0 Å². The van der Waals surface area contributed by atoms with Crippen LogP contribution in [0.1, 0.15) is 37.0 Å². The highest BCUT2D eigenvalue weighted by molar-refractivity contribution is 5.96. The van der Waals surface area contributed by atoms with Gasteiger partial charge in [-0.05, 0) is 86.7 Å². The van der Waals surface area contributed by atoms with Crippen LogP contribution < -0.4 is 15.5 Å². The molecule has 0 spiro atoms. The number of carbonyl (C=O) groups excluding carboxylic acids is 1. The van der Waals surface area contributed by atoms with Crippen molar-refractivity contribution in [3.05, 3.63) is 53.1 Å². The maximum atomic E-state index is 12.7. The van der Waals surface area contributed by atoms with Crippen LogP contribution in [0.4, 0.5) is 17.1 Å². The van der Waals surface area contributed by atoms with Crippen LogP contribution in [0.5, 0.6) is 0 Å². The van der Waals surface area contributed by atoms with Gasteiger partial charge in [-0.3, -0.25) is 4.79 Å². The first-order chi connectivity index (χ1) is 14.5. The van der Waals surface area contributed by atoms with E-state index < -0.39 is 0 Å². The Morgan fingerprint density at radius 3 is 2.53 bits per heavy atom. The summed E-state index contributed by atoms with van der Waals surface area (Å²) in [6, 6.07) is 12.5. The lowest BCUT2D eigenvalue weighted by atomic mass is 10.1. The zero-order valence-electron chi connectivity index (χ0n) is 18.5. The van der Waals surface area contributed by atoms with E-state index >= 15 is 0 Å². The van der Waals surface area contributed by atoms with Crippen LogP contribution in [-0.2, 0) is 17.6 Å². The van der Waals surface area contributed by atoms with Crippen molar-refractivity contribution in [3.63, 3.8) is 0 Å². The van der Waals surface area contributed by atoms with E-state index in [4.69, 9.17) is 0 Å². The van der Waals surface area contributed by atoms with Crippen molar-refractivity contribution in [1.82, 2.24) is 4.90 Å². The molecule has 1 fully saturated rings. The molecule has 1 aliphatic carbocycles. The number of nitrogens with zero attached hydrogens (tertiary/aromatic N) is 2. The molecule has 0 bridgehead atoms. The average molecular weight is 407 g/mol. The van der Waals surface area contributed by atoms with Gasteiger partial charge < -0.3 is 20.4 Å². The summed E-state index contributed by atoms with van der Waals surface area (Å²) in [6.45, 7) is 11.8. The highest BCUT2D eigenvalue weighted by Crippen LogP contribution is 2.26. The lowest BCUT2D eigenvalue weighted by molar-refractivity contribution is -0.116. The molecule has 30 heavy (non-hydrogen) atoms. The van der Waals surface area contributed by atoms with Gasteiger partial charge >= 0.3 is 0 Å². The van der Waals surface area contributed by atoms with E-state index in [9.17, 15) is 4.79 Å². The number of benzene rings is 2. The Morgan fingerprint density at radius 1 is 1.03 bits per heavy atom. The van der Waals surface area contributed by atoms with E-state index in [2.05, 4.69) is 64.6 Å². The number of hydrogen-bond acceptors (Lipinski definition) is 4. The van der Waals surface area contributed by atoms with Gasteiger partial charge in [-0.1, -0.05) is 13.0 Å². The molecule has 2 aromatic rings. The molecule has 0 radical (unpaired) electrons. The molecule has 2 aliphatic rings. The summed E-state index contributed by atoms with van der Waals surface area (Å²) in [5.41, 5.74) is 7.15. The molecule has 2 aromatic carbocycles. The minimum Gasteiger partial charge on any atom is -0.374 e. The zero-order chi connectivity index (χ0) is 21.1. The number of fused-ring (bicyclic) bond motifs is 1. The molecule has 160 valence electrons. The Bertz CT molecular complexity index is 902. The molecule has 1 aliphatic heterocycles. The van der Waals surface area contributed by atoms with Crippen LogP contribution in [0, 0.1) is 6.92 Å². The van der Waals surface area contributed by atoms with Gasteiger partial charge in [0.25, 0.3) is 0 Å². The predicted molar refractivity (Wildman–Crippen MR) is 126 cm³/mol. The molecular formula is C25H34N4O. The van der Waals surface area contributed by atoms with E-state index in [0.717, 1.165) is 56.9 Å². The molecule has 2 N–H and O–H groups in total. The van der Waals surface area contributed by atoms with Crippen LogP contribution in [-0.4, -0.2) is 49.6 Å². The second kappa shape index (κ2) is 9.09. The number of hydrogen-bond donors (Lipinski definition) is 2. The van der Waals surface area contributed by atoms with Crippen molar-refractivity contribution in [2.24, 2.45) is 0 Å². The first-order valence-electron chi connectivity index (χ1n) is 11.3. The third-order valence-corrected chi connectivity index (χ3v) is 6.53. The zero-order valence-corrected chi connectivity index (χ0v) is 18.5. The van der Waals surface area contributed by atoms with Crippen LogP contribution in [0.15, 0.2) is 36.4 Å². The fourth-order valence-corrected chi connectivity index (χ4v) is 4.53. The third kappa shape index (κ3) is 4.62. The quantitative estimate of drug-likeness (QED) is 0.759. The van der Waals surface area contributed by atoms with Gasteiger partial charge in [0.05, 0.1) is 0 Å². The Labute approximate surface area is 180 Å². The van der Waals surface area contributed by atoms with Gasteiger partial charge in [-0.15, -0.1) is 0 Å². The Kier molecular flexibility index (Phi) is 6.28. The molecule has 0 aromatic heterocycles. The molecule has 0 saturated carbocycles. The molecule has 1 saturated heterocycles. The Balaban J connectivity index is 1.35. The van der Waals surface area contributed by atoms with E-state index in [-0.39, 0.29) is 11.9 Å². The lowest BCUT2D eigenvalue weighted by Crippen LogP contribution is -2.46. The van der Waals surface area contributed by atoms with Crippen molar-refractivity contribution in [2.75, 3.05) is 48.3 Å². The first kappa shape index (κ1) is 20.7. The number of aryl methyl sites for hydroxylation is 3. The topological polar surface area (TPSA) is 47.6 Å². The van der Waals surface area contributed by atoms with Gasteiger partial charge in [-0.25, -0.2) is 0 Å². The smallest absolute Gasteiger partial charge is 0.246 e. The highest BCUT2D eigenvalue weighted by Gasteiger charge is 2.18. The standard InChI is InChI=1S/C25H34N4O/c1-4-28-12-14-29(15-13-28)23-10-11-24(18(2)16-23)26-19(3)25(30)27-22-9-8-20-6-5-7-21(20)17-22/h8-11,16-17,19,26H,4-7,12-15H2,1-3H3,(H,27,30)/t19-/m0/s1. The maximum absolute atomic E-state index is 12.7. The van der Waals surface area contributed by atoms with E-state index in [1.807, 2.05) is 13.0 Å². The third-order valence-electron chi connectivity index (χ3n) is 6.53. The predicted octanol–water partition coefficient (Wildman–Crippen LogP) is 4.06. The molecule has 4 rings (SSSR count). The monoisotopic (exact) mass is 406 g/mol. The number of nitrogens with one attached hydrogen (secondary N) is 2. The van der Waals surface area contributed by atoms with E-state index in [1.54, 1.807) is 0 Å². The maximum Gasteiger partial charge on any atom is 0.246 e. The van der Waals surface area contributed by atoms with E-state index in [1.165, 1.54) is 28.8 Å². The fourth-order valence-electron chi connectivity index (χ4n) is 4.53. The Hall–Kier alpha value is -2.53. The Morgan fingerprint density at radius 2 is 1.80 bits per heavy atom. The SMILES string of the molecule is CCN1CCN(c2ccc(N[C@@H](C)C(=O)Nc3ccc4c(c3)CCC4)c(C)c2)CC1. The summed E-state index contributed by atoms with van der Waals surface area (Å²) in [7, 11) is 0. The summed E-state index contributed by atoms with van der Waals surface area (Å²) < 4.78 is 0. The minimum absolute atomic E-state index is 0.00730. The fraction of sp³-hybridized carbons (Fsp3) is 0.480. The van der Waals surface area contributed by atoms with Gasteiger partial charge in [0.15, 0.2) is 0 Å². The van der Waals surface area contributed by atoms with Crippen molar-refractivity contribution in [3.8, 4) is 0 Å². The van der Waals surface area contributed by atoms with Gasteiger partial charge in [0, 0.05) is 43.2 Å². The number of rotatable bonds is 6. The number of anilines is 3. The highest BCUT2D eigenvalue weighted by atomic mass is 16.2. The molecule has 0 unspecified atom stereocenters. The number of carbonyl (C=O) groups is 1. The number of piperazine rings is 1. The van der Waals surface area contributed by atoms with Gasteiger partial charge in [-0.2, -0.15) is 0 Å². The first-order valence-corrected chi connectivity index (χ1v) is 11.3. The largest absolute Gasteiger partial charge is 0.374 e. The number of likely N-dealkylation sites (N-methyl/N-ethyl adjacent to an activating group) is 1. The summed E-state index contributed by atoms with van der Waals surface area (Å²) in [4.78, 5) is 17.7.